The number of anilines is 3. The van der Waals surface area contributed by atoms with Gasteiger partial charge in [-0.15, -0.1) is 0 Å². The first-order valence-corrected chi connectivity index (χ1v) is 6.00. The molecule has 0 saturated heterocycles. The van der Waals surface area contributed by atoms with Crippen molar-refractivity contribution in [1.29, 1.82) is 0 Å². The third-order valence-corrected chi connectivity index (χ3v) is 2.94. The fraction of sp³-hybridized carbons (Fsp3) is 0. The zero-order valence-corrected chi connectivity index (χ0v) is 10.8. The van der Waals surface area contributed by atoms with Crippen molar-refractivity contribution in [3.05, 3.63) is 41.3 Å². The Hall–Kier alpha value is -2.15. The predicted molar refractivity (Wildman–Crippen MR) is 72.6 cm³/mol. The van der Waals surface area contributed by atoms with Crippen LogP contribution in [0, 0.1) is 0 Å². The van der Waals surface area contributed by atoms with Crippen LogP contribution in [0.4, 0.5) is 17.3 Å². The summed E-state index contributed by atoms with van der Waals surface area (Å²) in [5, 5.41) is 7.42. The number of nitrogens with zero attached hydrogens (tertiary/aromatic N) is 4. The van der Waals surface area contributed by atoms with E-state index in [-0.39, 0.29) is 0 Å². The Morgan fingerprint density at radius 1 is 1.33 bits per heavy atom. The molecule has 3 N–H and O–H groups in total. The minimum atomic E-state index is 0.426. The smallest absolute Gasteiger partial charge is 0.173 e. The molecule has 3 rings (SSSR count). The molecule has 90 valence electrons. The molecule has 7 heteroatoms. The summed E-state index contributed by atoms with van der Waals surface area (Å²) in [7, 11) is 0. The van der Waals surface area contributed by atoms with Crippen LogP contribution in [0.3, 0.4) is 0 Å². The zero-order valence-electron chi connectivity index (χ0n) is 9.21. The van der Waals surface area contributed by atoms with Crippen molar-refractivity contribution >= 4 is 38.9 Å². The molecule has 3 aromatic rings. The van der Waals surface area contributed by atoms with Crippen molar-refractivity contribution in [2.45, 2.75) is 0 Å². The van der Waals surface area contributed by atoms with E-state index < -0.39 is 0 Å². The number of pyridine rings is 1. The Morgan fingerprint density at radius 3 is 3.00 bits per heavy atom. The molecule has 0 saturated carbocycles. The number of rotatable bonds is 2. The lowest BCUT2D eigenvalue weighted by atomic mass is 10.4. The average molecular weight is 305 g/mol. The van der Waals surface area contributed by atoms with Gasteiger partial charge < -0.3 is 11.1 Å². The zero-order chi connectivity index (χ0) is 12.5. The Morgan fingerprint density at radius 2 is 2.22 bits per heavy atom. The van der Waals surface area contributed by atoms with E-state index in [9.17, 15) is 0 Å². The van der Waals surface area contributed by atoms with Crippen LogP contribution in [0.1, 0.15) is 0 Å². The molecule has 0 spiro atoms. The van der Waals surface area contributed by atoms with Crippen molar-refractivity contribution in [3.63, 3.8) is 0 Å². The first kappa shape index (κ1) is 11.0. The maximum absolute atomic E-state index is 5.78. The highest BCUT2D eigenvalue weighted by atomic mass is 79.9. The minimum Gasteiger partial charge on any atom is -0.384 e. The number of aromatic nitrogens is 4. The molecule has 3 aromatic heterocycles. The minimum absolute atomic E-state index is 0.426. The van der Waals surface area contributed by atoms with Crippen molar-refractivity contribution < 1.29 is 0 Å². The first-order chi connectivity index (χ1) is 8.74. The lowest BCUT2D eigenvalue weighted by molar-refractivity contribution is 0.949. The van der Waals surface area contributed by atoms with Crippen LogP contribution in [0.2, 0.25) is 0 Å². The normalized spacial score (nSPS) is 10.7. The van der Waals surface area contributed by atoms with Crippen molar-refractivity contribution in [1.82, 2.24) is 19.6 Å². The van der Waals surface area contributed by atoms with Crippen LogP contribution in [-0.2, 0) is 0 Å². The van der Waals surface area contributed by atoms with Gasteiger partial charge in [0.25, 0.3) is 0 Å². The molecule has 0 bridgehead atoms. The van der Waals surface area contributed by atoms with Crippen LogP contribution in [0.25, 0.3) is 5.65 Å². The van der Waals surface area contributed by atoms with Crippen LogP contribution >= 0.6 is 15.9 Å². The van der Waals surface area contributed by atoms with Crippen LogP contribution in [0.5, 0.6) is 0 Å². The highest BCUT2D eigenvalue weighted by Gasteiger charge is 2.08. The summed E-state index contributed by atoms with van der Waals surface area (Å²) >= 11 is 3.38. The summed E-state index contributed by atoms with van der Waals surface area (Å²) < 4.78 is 2.47. The van der Waals surface area contributed by atoms with Crippen molar-refractivity contribution in [2.24, 2.45) is 0 Å². The van der Waals surface area contributed by atoms with Gasteiger partial charge in [0, 0.05) is 12.3 Å². The average Bonchev–Trinajstić information content (AvgIpc) is 2.73. The van der Waals surface area contributed by atoms with Gasteiger partial charge >= 0.3 is 0 Å². The molecule has 0 aromatic carbocycles. The molecule has 0 atom stereocenters. The maximum atomic E-state index is 5.78. The lowest BCUT2D eigenvalue weighted by Crippen LogP contribution is -2.03. The van der Waals surface area contributed by atoms with Gasteiger partial charge in [-0.3, -0.25) is 4.98 Å². The second-order valence-corrected chi connectivity index (χ2v) is 4.52. The van der Waals surface area contributed by atoms with Gasteiger partial charge in [0.1, 0.15) is 11.6 Å². The van der Waals surface area contributed by atoms with Gasteiger partial charge in [-0.2, -0.15) is 9.61 Å². The van der Waals surface area contributed by atoms with Crippen LogP contribution in [-0.4, -0.2) is 19.6 Å². The Labute approximate surface area is 111 Å². The highest BCUT2D eigenvalue weighted by molar-refractivity contribution is 9.10. The van der Waals surface area contributed by atoms with Gasteiger partial charge in [0.15, 0.2) is 5.65 Å². The largest absolute Gasteiger partial charge is 0.384 e. The van der Waals surface area contributed by atoms with Crippen LogP contribution in [0.15, 0.2) is 41.3 Å². The summed E-state index contributed by atoms with van der Waals surface area (Å²) in [4.78, 5) is 8.25. The fourth-order valence-electron chi connectivity index (χ4n) is 1.63. The van der Waals surface area contributed by atoms with E-state index in [2.05, 4.69) is 36.3 Å². The van der Waals surface area contributed by atoms with Crippen LogP contribution < -0.4 is 11.1 Å². The Kier molecular flexibility index (Phi) is 2.60. The second kappa shape index (κ2) is 4.26. The van der Waals surface area contributed by atoms with Gasteiger partial charge in [0.05, 0.1) is 22.6 Å². The SMILES string of the molecule is Nc1cc(Nc2cccnc2)n2ncc(Br)c2n1. The third-order valence-electron chi connectivity index (χ3n) is 2.38. The van der Waals surface area contributed by atoms with E-state index in [4.69, 9.17) is 5.73 Å². The molecule has 0 fully saturated rings. The summed E-state index contributed by atoms with van der Waals surface area (Å²) in [6.45, 7) is 0. The number of nitrogen functional groups attached to an aromatic ring is 1. The number of hydrogen-bond acceptors (Lipinski definition) is 5. The summed E-state index contributed by atoms with van der Waals surface area (Å²) in [6.07, 6.45) is 5.11. The highest BCUT2D eigenvalue weighted by Crippen LogP contribution is 2.23. The molecular weight excluding hydrogens is 296 g/mol. The predicted octanol–water partition coefficient (Wildman–Crippen LogP) is 2.21. The lowest BCUT2D eigenvalue weighted by Gasteiger charge is -2.08. The van der Waals surface area contributed by atoms with E-state index in [0.717, 1.165) is 16.0 Å². The van der Waals surface area contributed by atoms with E-state index in [1.54, 1.807) is 29.2 Å². The van der Waals surface area contributed by atoms with Gasteiger partial charge in [-0.05, 0) is 28.1 Å². The van der Waals surface area contributed by atoms with Gasteiger partial charge in [-0.25, -0.2) is 4.98 Å². The Balaban J connectivity index is 2.11. The molecule has 0 aliphatic rings. The summed E-state index contributed by atoms with van der Waals surface area (Å²) in [5.41, 5.74) is 7.30. The van der Waals surface area contributed by atoms with E-state index in [1.807, 2.05) is 12.1 Å². The van der Waals surface area contributed by atoms with Gasteiger partial charge in [0.2, 0.25) is 0 Å². The second-order valence-electron chi connectivity index (χ2n) is 3.66. The summed E-state index contributed by atoms with van der Waals surface area (Å²) in [6, 6.07) is 5.48. The van der Waals surface area contributed by atoms with Crippen molar-refractivity contribution in [3.8, 4) is 0 Å². The molecular formula is C11H9BrN6. The molecule has 18 heavy (non-hydrogen) atoms. The van der Waals surface area contributed by atoms with Gasteiger partial charge in [-0.1, -0.05) is 0 Å². The summed E-state index contributed by atoms with van der Waals surface area (Å²) in [5.74, 6) is 1.16. The number of halogens is 1. The van der Waals surface area contributed by atoms with E-state index in [0.29, 0.717) is 11.5 Å². The number of nitrogens with one attached hydrogen (secondary N) is 1. The van der Waals surface area contributed by atoms with Crippen molar-refractivity contribution in [2.75, 3.05) is 11.1 Å². The molecule has 6 nitrogen and oxygen atoms in total. The topological polar surface area (TPSA) is 81.1 Å². The Bertz CT molecular complexity index is 693. The molecule has 0 aliphatic heterocycles. The molecule has 0 radical (unpaired) electrons. The van der Waals surface area contributed by atoms with E-state index >= 15 is 0 Å². The standard InChI is InChI=1S/C11H9BrN6/c12-8-6-15-18-10(4-9(13)17-11(8)18)16-7-2-1-3-14-5-7/h1-6,16H,(H2,13,17). The monoisotopic (exact) mass is 304 g/mol. The number of hydrogen-bond donors (Lipinski definition) is 2. The third kappa shape index (κ3) is 1.88. The molecule has 0 aliphatic carbocycles. The fourth-order valence-corrected chi connectivity index (χ4v) is 1.98. The first-order valence-electron chi connectivity index (χ1n) is 5.21. The van der Waals surface area contributed by atoms with E-state index in [1.165, 1.54) is 0 Å². The number of fused-ring (bicyclic) bond motifs is 1. The molecule has 0 unspecified atom stereocenters. The molecule has 3 heterocycles. The number of nitrogens with two attached hydrogens (primary N) is 1. The quantitative estimate of drug-likeness (QED) is 0.758. The maximum Gasteiger partial charge on any atom is 0.173 e. The molecule has 0 amide bonds.